The van der Waals surface area contributed by atoms with Crippen LogP contribution in [-0.2, 0) is 11.3 Å². The van der Waals surface area contributed by atoms with Gasteiger partial charge in [-0.2, -0.15) is 0 Å². The van der Waals surface area contributed by atoms with Crippen LogP contribution in [0.3, 0.4) is 0 Å². The zero-order valence-electron chi connectivity index (χ0n) is 9.96. The molecule has 0 saturated heterocycles. The second kappa shape index (κ2) is 8.08. The molecule has 104 valence electrons. The summed E-state index contributed by atoms with van der Waals surface area (Å²) in [6, 6.07) is 0. The van der Waals surface area contributed by atoms with Crippen molar-refractivity contribution in [3.63, 3.8) is 0 Å². The summed E-state index contributed by atoms with van der Waals surface area (Å²) in [5.74, 6) is -0.424. The number of nitro groups is 1. The molecule has 0 spiro atoms. The molecule has 0 radical (unpaired) electrons. The van der Waals surface area contributed by atoms with Crippen molar-refractivity contribution in [1.29, 1.82) is 0 Å². The quantitative estimate of drug-likeness (QED) is 0.386. The first-order valence-corrected chi connectivity index (χ1v) is 7.53. The van der Waals surface area contributed by atoms with Gasteiger partial charge in [-0.1, -0.05) is 23.4 Å². The molecule has 7 nitrogen and oxygen atoms in total. The molecule has 10 heteroatoms. The van der Waals surface area contributed by atoms with Gasteiger partial charge in [-0.05, 0) is 6.26 Å². The largest absolute Gasteiger partial charge is 0.305 e. The third kappa shape index (κ3) is 6.50. The number of amidine groups is 1. The molecule has 0 bridgehead atoms. The first kappa shape index (κ1) is 15.9. The normalized spacial score (nSPS) is 11.4. The first-order chi connectivity index (χ1) is 9.01. The van der Waals surface area contributed by atoms with Crippen LogP contribution in [0.5, 0.6) is 0 Å². The van der Waals surface area contributed by atoms with Crippen LogP contribution in [0.2, 0.25) is 4.47 Å². The van der Waals surface area contributed by atoms with Gasteiger partial charge < -0.3 is 5.32 Å². The van der Waals surface area contributed by atoms with Gasteiger partial charge in [0.05, 0.1) is 13.0 Å². The van der Waals surface area contributed by atoms with Gasteiger partial charge in [-0.3, -0.25) is 19.9 Å². The summed E-state index contributed by atoms with van der Waals surface area (Å²) < 4.78 is 0.436. The average molecular weight is 323 g/mol. The molecule has 1 heterocycles. The second-order valence-electron chi connectivity index (χ2n) is 3.26. The number of rotatable bonds is 5. The molecule has 1 aromatic heterocycles. The van der Waals surface area contributed by atoms with Gasteiger partial charge in [-0.15, -0.1) is 11.3 Å². The number of thioether (sulfide) groups is 1. The maximum absolute atomic E-state index is 11.4. The molecule has 0 aliphatic rings. The molecule has 0 saturated carbocycles. The molecule has 0 unspecified atom stereocenters. The topological polar surface area (TPSA) is 97.5 Å². The van der Waals surface area contributed by atoms with E-state index < -0.39 is 17.4 Å². The zero-order valence-corrected chi connectivity index (χ0v) is 12.3. The van der Waals surface area contributed by atoms with Crippen molar-refractivity contribution in [1.82, 2.24) is 10.3 Å². The predicted molar refractivity (Wildman–Crippen MR) is 76.4 cm³/mol. The van der Waals surface area contributed by atoms with Crippen LogP contribution in [0.15, 0.2) is 11.2 Å². The number of nitrogens with zero attached hydrogens (tertiary/aromatic N) is 3. The highest BCUT2D eigenvalue weighted by atomic mass is 35.5. The summed E-state index contributed by atoms with van der Waals surface area (Å²) in [5.41, 5.74) is 0. The fourth-order valence-electron chi connectivity index (χ4n) is 1.04. The maximum atomic E-state index is 11.4. The Bertz CT molecular complexity index is 492. The monoisotopic (exact) mass is 322 g/mol. The van der Waals surface area contributed by atoms with Crippen molar-refractivity contribution in [3.05, 3.63) is 25.7 Å². The number of aliphatic imine (C=N–C) groups is 1. The Morgan fingerprint density at radius 3 is 3.00 bits per heavy atom. The lowest BCUT2D eigenvalue weighted by atomic mass is 10.4. The number of carbonyl (C=O) groups excluding carboxylic acids is 1. The fraction of sp³-hybridized carbons (Fsp3) is 0.444. The highest BCUT2D eigenvalue weighted by Crippen LogP contribution is 2.18. The zero-order chi connectivity index (χ0) is 14.3. The Hall–Kier alpha value is -1.19. The Labute approximate surface area is 122 Å². The molecule has 0 aromatic carbocycles. The molecule has 0 fully saturated rings. The van der Waals surface area contributed by atoms with Crippen molar-refractivity contribution in [2.75, 3.05) is 12.8 Å². The SMILES string of the molecule is CSC(=NCc1cnc(Cl)s1)NC(=O)CC[N+](=O)[O-]. The molecular formula is C9H11ClN4O3S2. The molecular weight excluding hydrogens is 312 g/mol. The van der Waals surface area contributed by atoms with E-state index in [9.17, 15) is 14.9 Å². The predicted octanol–water partition coefficient (Wildman–Crippen LogP) is 1.80. The van der Waals surface area contributed by atoms with E-state index in [0.29, 0.717) is 16.2 Å². The number of carbonyl (C=O) groups is 1. The Balaban J connectivity index is 2.48. The molecule has 0 aliphatic heterocycles. The summed E-state index contributed by atoms with van der Waals surface area (Å²) >= 11 is 8.25. The number of amides is 1. The number of thiazole rings is 1. The number of nitrogens with one attached hydrogen (secondary N) is 1. The van der Waals surface area contributed by atoms with Crippen LogP contribution in [0, 0.1) is 10.1 Å². The minimum Gasteiger partial charge on any atom is -0.305 e. The highest BCUT2D eigenvalue weighted by Gasteiger charge is 2.09. The van der Waals surface area contributed by atoms with Crippen molar-refractivity contribution >= 4 is 45.8 Å². The van der Waals surface area contributed by atoms with Gasteiger partial charge in [0.1, 0.15) is 0 Å². The molecule has 1 rings (SSSR count). The van der Waals surface area contributed by atoms with Gasteiger partial charge in [0.15, 0.2) is 9.63 Å². The third-order valence-corrected chi connectivity index (χ3v) is 3.58. The number of halogens is 1. The third-order valence-electron chi connectivity index (χ3n) is 1.86. The lowest BCUT2D eigenvalue weighted by molar-refractivity contribution is -0.478. The minimum absolute atomic E-state index is 0.168. The summed E-state index contributed by atoms with van der Waals surface area (Å²) in [5, 5.41) is 13.1. The lowest BCUT2D eigenvalue weighted by Gasteiger charge is -2.04. The standard InChI is InChI=1S/C9H11ClN4O3S2/c1-18-9(13-7(15)2-3-14(16)17)12-5-6-4-11-8(10)19-6/h4H,2-3,5H2,1H3,(H,12,13,15). The number of aromatic nitrogens is 1. The summed E-state index contributed by atoms with van der Waals surface area (Å²) in [6.07, 6.45) is 3.20. The van der Waals surface area contributed by atoms with E-state index in [1.54, 1.807) is 12.5 Å². The summed E-state index contributed by atoms with van der Waals surface area (Å²) in [6.45, 7) is -0.0337. The van der Waals surface area contributed by atoms with E-state index in [0.717, 1.165) is 4.88 Å². The fourth-order valence-corrected chi connectivity index (χ4v) is 2.35. The smallest absolute Gasteiger partial charge is 0.232 e. The van der Waals surface area contributed by atoms with Crippen molar-refractivity contribution in [2.24, 2.45) is 4.99 Å². The first-order valence-electron chi connectivity index (χ1n) is 5.11. The summed E-state index contributed by atoms with van der Waals surface area (Å²) in [7, 11) is 0. The Kier molecular flexibility index (Phi) is 6.74. The molecule has 0 atom stereocenters. The molecule has 1 amide bonds. The van der Waals surface area contributed by atoms with Gasteiger partial charge >= 0.3 is 0 Å². The Morgan fingerprint density at radius 1 is 1.74 bits per heavy atom. The lowest BCUT2D eigenvalue weighted by Crippen LogP contribution is -2.29. The van der Waals surface area contributed by atoms with E-state index in [2.05, 4.69) is 15.3 Å². The maximum Gasteiger partial charge on any atom is 0.232 e. The van der Waals surface area contributed by atoms with E-state index in [-0.39, 0.29) is 6.42 Å². The van der Waals surface area contributed by atoms with Crippen molar-refractivity contribution < 1.29 is 9.72 Å². The van der Waals surface area contributed by atoms with Gasteiger partial charge in [-0.25, -0.2) is 4.98 Å². The summed E-state index contributed by atoms with van der Waals surface area (Å²) in [4.78, 5) is 29.9. The Morgan fingerprint density at radius 2 is 2.47 bits per heavy atom. The van der Waals surface area contributed by atoms with Crippen LogP contribution in [-0.4, -0.2) is 33.8 Å². The van der Waals surface area contributed by atoms with Crippen LogP contribution in [0.25, 0.3) is 0 Å². The van der Waals surface area contributed by atoms with Crippen LogP contribution >= 0.6 is 34.7 Å². The van der Waals surface area contributed by atoms with Gasteiger partial charge in [0, 0.05) is 16.0 Å². The highest BCUT2D eigenvalue weighted by molar-refractivity contribution is 8.13. The van der Waals surface area contributed by atoms with E-state index in [1.807, 2.05) is 0 Å². The van der Waals surface area contributed by atoms with E-state index in [4.69, 9.17) is 11.6 Å². The average Bonchev–Trinajstić information content (AvgIpc) is 2.77. The van der Waals surface area contributed by atoms with Crippen LogP contribution < -0.4 is 5.32 Å². The van der Waals surface area contributed by atoms with E-state index in [1.165, 1.54) is 23.1 Å². The van der Waals surface area contributed by atoms with Crippen LogP contribution in [0.1, 0.15) is 11.3 Å². The molecule has 1 aromatic rings. The minimum atomic E-state index is -0.533. The number of hydrogen-bond acceptors (Lipinski definition) is 7. The number of hydrogen-bond donors (Lipinski definition) is 1. The molecule has 1 N–H and O–H groups in total. The van der Waals surface area contributed by atoms with Crippen molar-refractivity contribution in [3.8, 4) is 0 Å². The second-order valence-corrected chi connectivity index (χ2v) is 5.75. The van der Waals surface area contributed by atoms with Gasteiger partial charge in [0.2, 0.25) is 12.5 Å². The molecule has 19 heavy (non-hydrogen) atoms. The van der Waals surface area contributed by atoms with Crippen LogP contribution in [0.4, 0.5) is 0 Å². The van der Waals surface area contributed by atoms with Crippen molar-refractivity contribution in [2.45, 2.75) is 13.0 Å². The van der Waals surface area contributed by atoms with Gasteiger partial charge in [0.25, 0.3) is 0 Å². The van der Waals surface area contributed by atoms with E-state index >= 15 is 0 Å². The molecule has 0 aliphatic carbocycles.